The van der Waals surface area contributed by atoms with E-state index >= 15 is 0 Å². The molecule has 3 rings (SSSR count). The summed E-state index contributed by atoms with van der Waals surface area (Å²) in [6.07, 6.45) is 0.934. The fourth-order valence-electron chi connectivity index (χ4n) is 4.04. The summed E-state index contributed by atoms with van der Waals surface area (Å²) in [6, 6.07) is 7.07. The number of aromatic hydroxyl groups is 1. The molecule has 4 nitrogen and oxygen atoms in total. The molecular weight excluding hydrogens is 495 g/mol. The quantitative estimate of drug-likeness (QED) is 0.619. The smallest absolute Gasteiger partial charge is 0.261 e. The van der Waals surface area contributed by atoms with Gasteiger partial charge in [0.25, 0.3) is 5.79 Å². The summed E-state index contributed by atoms with van der Waals surface area (Å²) in [7, 11) is 0. The van der Waals surface area contributed by atoms with E-state index in [0.29, 0.717) is 6.61 Å². The predicted octanol–water partition coefficient (Wildman–Crippen LogP) is 3.74. The maximum atomic E-state index is 9.82. The summed E-state index contributed by atoms with van der Waals surface area (Å²) in [5, 5.41) is 9.82. The average molecular weight is 519 g/mol. The maximum absolute atomic E-state index is 9.82. The molecule has 0 bridgehead atoms. The number of benzene rings is 1. The van der Waals surface area contributed by atoms with Gasteiger partial charge in [-0.1, -0.05) is 46.8 Å². The normalized spacial score (nSPS) is 32.8. The molecule has 0 aliphatic carbocycles. The fraction of sp³-hybridized carbons (Fsp3) is 0.647. The Morgan fingerprint density at radius 1 is 1.23 bits per heavy atom. The van der Waals surface area contributed by atoms with Crippen LogP contribution in [-0.2, 0) is 20.3 Å². The van der Waals surface area contributed by atoms with Crippen molar-refractivity contribution < 1.29 is 63.7 Å². The van der Waals surface area contributed by atoms with Crippen molar-refractivity contribution in [2.24, 2.45) is 10.8 Å². The molecule has 2 unspecified atom stereocenters. The fourth-order valence-corrected chi connectivity index (χ4v) is 4.04. The molecule has 1 radical (unpaired) electrons. The number of hydrogen-bond donors (Lipinski definition) is 1. The molecule has 0 saturated carbocycles. The van der Waals surface area contributed by atoms with Gasteiger partial charge in [0.15, 0.2) is 5.60 Å². The summed E-state index contributed by atoms with van der Waals surface area (Å²) >= 11 is 0. The Labute approximate surface area is 168 Å². The van der Waals surface area contributed by atoms with Crippen molar-refractivity contribution >= 4 is 0 Å². The van der Waals surface area contributed by atoms with Gasteiger partial charge < -0.3 is 9.84 Å². The second-order valence-corrected chi connectivity index (χ2v) is 7.42. The topological polar surface area (TPSA) is 47.9 Å². The third-order valence-electron chi connectivity index (χ3n) is 5.40. The van der Waals surface area contributed by atoms with Crippen LogP contribution in [0.1, 0.15) is 46.6 Å². The minimum atomic E-state index is -0.950. The van der Waals surface area contributed by atoms with Crippen LogP contribution in [0.4, 0.5) is 0 Å². The third kappa shape index (κ3) is 2.09. The first-order chi connectivity index (χ1) is 9.72. The van der Waals surface area contributed by atoms with E-state index in [0.717, 1.165) is 12.0 Å². The van der Waals surface area contributed by atoms with Crippen molar-refractivity contribution in [3.8, 4) is 5.75 Å². The van der Waals surface area contributed by atoms with Crippen molar-refractivity contribution in [2.45, 2.75) is 52.4 Å². The van der Waals surface area contributed by atoms with Crippen molar-refractivity contribution in [3.05, 3.63) is 29.8 Å². The van der Waals surface area contributed by atoms with Gasteiger partial charge in [-0.25, -0.2) is 4.89 Å². The van der Waals surface area contributed by atoms with Crippen LogP contribution in [0.3, 0.4) is 0 Å². The van der Waals surface area contributed by atoms with Crippen molar-refractivity contribution in [1.29, 1.82) is 0 Å². The van der Waals surface area contributed by atoms with Gasteiger partial charge in [0.05, 0.1) is 6.61 Å². The number of fused-ring (bicyclic) bond motifs is 1. The summed E-state index contributed by atoms with van der Waals surface area (Å²) in [4.78, 5) is 11.4. The van der Waals surface area contributed by atoms with Gasteiger partial charge in [0.2, 0.25) is 0 Å². The van der Waals surface area contributed by atoms with Gasteiger partial charge in [0, 0.05) is 60.5 Å². The Hall–Kier alpha value is 0.342. The molecule has 22 heavy (non-hydrogen) atoms. The summed E-state index contributed by atoms with van der Waals surface area (Å²) in [5.74, 6) is -0.747. The van der Waals surface area contributed by atoms with Gasteiger partial charge >= 0.3 is 0 Å². The van der Waals surface area contributed by atoms with E-state index in [1.807, 2.05) is 6.07 Å². The standard InChI is InChI=1S/C17H24O4.Ac/c1-6-14(2,3)17-15(4,5)11-19-16(17,20-21-17)12-8-7-9-13(18)10-12;/h7-10,18H,6,11H2,1-5H3;. The molecule has 1 aromatic rings. The maximum Gasteiger partial charge on any atom is 0.261 e. The molecule has 2 aliphatic heterocycles. The molecule has 2 fully saturated rings. The molecule has 1 N–H and O–H groups in total. The van der Waals surface area contributed by atoms with Gasteiger partial charge in [-0.2, -0.15) is 4.89 Å². The average Bonchev–Trinajstić information content (AvgIpc) is 2.53. The number of ether oxygens (including phenoxy) is 1. The molecule has 0 amide bonds. The van der Waals surface area contributed by atoms with E-state index in [-0.39, 0.29) is 60.6 Å². The Morgan fingerprint density at radius 3 is 2.41 bits per heavy atom. The van der Waals surface area contributed by atoms with E-state index in [2.05, 4.69) is 34.6 Å². The van der Waals surface area contributed by atoms with Crippen molar-refractivity contribution in [2.75, 3.05) is 6.61 Å². The molecular formula is C17H24AcO4. The minimum absolute atomic E-state index is 0. The second-order valence-electron chi connectivity index (χ2n) is 7.42. The predicted molar refractivity (Wildman–Crippen MR) is 78.5 cm³/mol. The first-order valence-electron chi connectivity index (χ1n) is 7.53. The van der Waals surface area contributed by atoms with Gasteiger partial charge in [-0.05, 0) is 18.6 Å². The van der Waals surface area contributed by atoms with Crippen molar-refractivity contribution in [3.63, 3.8) is 0 Å². The molecule has 5 heteroatoms. The molecule has 2 aliphatic rings. The zero-order valence-electron chi connectivity index (χ0n) is 14.0. The van der Waals surface area contributed by atoms with Gasteiger partial charge in [0.1, 0.15) is 5.75 Å². The van der Waals surface area contributed by atoms with Gasteiger partial charge in [-0.15, -0.1) is 0 Å². The second kappa shape index (κ2) is 5.71. The Bertz CT molecular complexity index is 572. The number of phenolic OH excluding ortho intramolecular Hbond substituents is 1. The van der Waals surface area contributed by atoms with Crippen LogP contribution in [0.5, 0.6) is 5.75 Å². The van der Waals surface area contributed by atoms with Crippen LogP contribution in [0.2, 0.25) is 0 Å². The van der Waals surface area contributed by atoms with Crippen LogP contribution < -0.4 is 0 Å². The summed E-state index contributed by atoms with van der Waals surface area (Å²) in [6.45, 7) is 11.4. The van der Waals surface area contributed by atoms with E-state index < -0.39 is 11.4 Å². The Morgan fingerprint density at radius 2 is 1.91 bits per heavy atom. The van der Waals surface area contributed by atoms with Crippen LogP contribution in [-0.4, -0.2) is 17.3 Å². The monoisotopic (exact) mass is 519 g/mol. The largest absolute Gasteiger partial charge is 0.508 e. The molecule has 0 spiro atoms. The molecule has 1 aromatic carbocycles. The van der Waals surface area contributed by atoms with Crippen LogP contribution in [0.15, 0.2) is 24.3 Å². The third-order valence-corrected chi connectivity index (χ3v) is 5.40. The summed E-state index contributed by atoms with van der Waals surface area (Å²) in [5.41, 5.74) is -0.122. The van der Waals surface area contributed by atoms with Crippen LogP contribution in [0.25, 0.3) is 0 Å². The molecule has 2 atom stereocenters. The minimum Gasteiger partial charge on any atom is -0.508 e. The van der Waals surface area contributed by atoms with E-state index in [1.54, 1.807) is 18.2 Å². The molecule has 2 heterocycles. The molecule has 119 valence electrons. The van der Waals surface area contributed by atoms with Gasteiger partial charge in [-0.3, -0.25) is 0 Å². The Balaban J connectivity index is 0.00000176. The zero-order chi connectivity index (χ0) is 15.5. The van der Waals surface area contributed by atoms with E-state index in [9.17, 15) is 5.11 Å². The number of hydrogen-bond acceptors (Lipinski definition) is 4. The van der Waals surface area contributed by atoms with E-state index in [4.69, 9.17) is 14.5 Å². The number of phenols is 1. The Kier molecular flexibility index (Phi) is 4.84. The van der Waals surface area contributed by atoms with Crippen LogP contribution >= 0.6 is 0 Å². The van der Waals surface area contributed by atoms with Crippen LogP contribution in [0, 0.1) is 54.9 Å². The van der Waals surface area contributed by atoms with E-state index in [1.165, 1.54) is 0 Å². The number of rotatable bonds is 3. The first-order valence-corrected chi connectivity index (χ1v) is 7.53. The summed E-state index contributed by atoms with van der Waals surface area (Å²) < 4.78 is 6.13. The first kappa shape index (κ1) is 18.7. The zero-order valence-corrected chi connectivity index (χ0v) is 18.7. The molecule has 0 aromatic heterocycles. The SMILES string of the molecule is CCC(C)(C)C12OOC1(c1cccc(O)c1)OCC2(C)C.[Ac]. The molecule has 2 saturated heterocycles. The van der Waals surface area contributed by atoms with Crippen molar-refractivity contribution in [1.82, 2.24) is 0 Å².